The summed E-state index contributed by atoms with van der Waals surface area (Å²) in [5.41, 5.74) is 8.65. The summed E-state index contributed by atoms with van der Waals surface area (Å²) < 4.78 is 6.37. The molecule has 1 fully saturated rings. The number of pyridine rings is 1. The number of hydrogen-bond donors (Lipinski definition) is 1. The van der Waals surface area contributed by atoms with Gasteiger partial charge in [0, 0.05) is 29.5 Å². The summed E-state index contributed by atoms with van der Waals surface area (Å²) in [6, 6.07) is 10.8. The molecule has 1 amide bonds. The summed E-state index contributed by atoms with van der Waals surface area (Å²) in [6.07, 6.45) is 1.61. The van der Waals surface area contributed by atoms with Gasteiger partial charge in [0.05, 0.1) is 23.5 Å². The van der Waals surface area contributed by atoms with E-state index in [1.807, 2.05) is 0 Å². The predicted molar refractivity (Wildman–Crippen MR) is 115 cm³/mol. The van der Waals surface area contributed by atoms with Crippen molar-refractivity contribution in [3.8, 4) is 10.4 Å². The van der Waals surface area contributed by atoms with Crippen LogP contribution in [0.4, 0.5) is 5.82 Å². The quantitative estimate of drug-likeness (QED) is 0.722. The lowest BCUT2D eigenvalue weighted by Gasteiger charge is -2.28. The fourth-order valence-corrected chi connectivity index (χ4v) is 4.66. The van der Waals surface area contributed by atoms with Gasteiger partial charge in [-0.3, -0.25) is 4.79 Å². The largest absolute Gasteiger partial charge is 0.378 e. The third-order valence-electron chi connectivity index (χ3n) is 5.15. The number of primary amides is 1. The van der Waals surface area contributed by atoms with Gasteiger partial charge in [0.2, 0.25) is 0 Å². The summed E-state index contributed by atoms with van der Waals surface area (Å²) in [5.74, 6) is 0.458. The third kappa shape index (κ3) is 3.50. The van der Waals surface area contributed by atoms with Crippen LogP contribution in [0.3, 0.4) is 0 Å². The molecule has 0 aliphatic carbocycles. The maximum atomic E-state index is 12.0. The van der Waals surface area contributed by atoms with Gasteiger partial charge in [-0.25, -0.2) is 4.98 Å². The highest BCUT2D eigenvalue weighted by atomic mass is 32.1. The van der Waals surface area contributed by atoms with Crippen molar-refractivity contribution in [2.75, 3.05) is 31.2 Å². The lowest BCUT2D eigenvalue weighted by Crippen LogP contribution is -2.36. The van der Waals surface area contributed by atoms with Gasteiger partial charge in [0.25, 0.3) is 5.91 Å². The van der Waals surface area contributed by atoms with Gasteiger partial charge in [-0.1, -0.05) is 45.0 Å². The standard InChI is InChI=1S/C22H25N3O2S/c1-22(2,3)15-6-4-14(5-7-15)18-12-16-19(28-18)17(20(23)26)13-24-21(16)25-8-10-27-11-9-25/h4-7,12-13H,8-11H2,1-3H3,(H2,23,26). The zero-order valence-corrected chi connectivity index (χ0v) is 17.3. The third-order valence-corrected chi connectivity index (χ3v) is 6.36. The Morgan fingerprint density at radius 1 is 1.18 bits per heavy atom. The molecule has 0 unspecified atom stereocenters. The average molecular weight is 396 g/mol. The van der Waals surface area contributed by atoms with Crippen molar-refractivity contribution < 1.29 is 9.53 Å². The Morgan fingerprint density at radius 2 is 1.86 bits per heavy atom. The lowest BCUT2D eigenvalue weighted by atomic mass is 9.86. The van der Waals surface area contributed by atoms with Gasteiger partial charge in [-0.05, 0) is 22.6 Å². The summed E-state index contributed by atoms with van der Waals surface area (Å²) in [7, 11) is 0. The van der Waals surface area contributed by atoms with E-state index in [-0.39, 0.29) is 5.41 Å². The monoisotopic (exact) mass is 395 g/mol. The van der Waals surface area contributed by atoms with E-state index >= 15 is 0 Å². The number of rotatable bonds is 3. The number of carbonyl (C=O) groups is 1. The second kappa shape index (κ2) is 7.18. The molecule has 146 valence electrons. The molecule has 0 bridgehead atoms. The molecule has 28 heavy (non-hydrogen) atoms. The van der Waals surface area contributed by atoms with E-state index in [0.717, 1.165) is 39.4 Å². The molecule has 1 aromatic carbocycles. The van der Waals surface area contributed by atoms with Crippen LogP contribution in [-0.2, 0) is 10.2 Å². The van der Waals surface area contributed by atoms with Gasteiger partial charge in [0.1, 0.15) is 5.82 Å². The summed E-state index contributed by atoms with van der Waals surface area (Å²) in [6.45, 7) is 9.59. The lowest BCUT2D eigenvalue weighted by molar-refractivity contribution is 0.100. The first-order chi connectivity index (χ1) is 13.3. The minimum absolute atomic E-state index is 0.116. The van der Waals surface area contributed by atoms with Crippen molar-refractivity contribution in [2.45, 2.75) is 26.2 Å². The van der Waals surface area contributed by atoms with Gasteiger partial charge in [-0.2, -0.15) is 0 Å². The van der Waals surface area contributed by atoms with Crippen molar-refractivity contribution in [1.29, 1.82) is 0 Å². The van der Waals surface area contributed by atoms with Crippen LogP contribution in [-0.4, -0.2) is 37.2 Å². The summed E-state index contributed by atoms with van der Waals surface area (Å²) in [5, 5.41) is 0.984. The maximum Gasteiger partial charge on any atom is 0.251 e. The van der Waals surface area contributed by atoms with Gasteiger partial charge < -0.3 is 15.4 Å². The molecule has 0 atom stereocenters. The summed E-state index contributed by atoms with van der Waals surface area (Å²) in [4.78, 5) is 19.9. The van der Waals surface area contributed by atoms with Crippen molar-refractivity contribution >= 4 is 33.1 Å². The van der Waals surface area contributed by atoms with E-state index in [4.69, 9.17) is 10.5 Å². The molecule has 1 aliphatic heterocycles. The molecule has 2 aromatic heterocycles. The molecular formula is C22H25N3O2S. The van der Waals surface area contributed by atoms with Crippen LogP contribution in [0.5, 0.6) is 0 Å². The number of benzene rings is 1. The highest BCUT2D eigenvalue weighted by Crippen LogP contribution is 2.39. The Balaban J connectivity index is 1.82. The molecular weight excluding hydrogens is 370 g/mol. The minimum atomic E-state index is -0.442. The molecule has 0 spiro atoms. The molecule has 1 saturated heterocycles. The number of anilines is 1. The first-order valence-electron chi connectivity index (χ1n) is 9.50. The van der Waals surface area contributed by atoms with Crippen LogP contribution >= 0.6 is 11.3 Å². The first-order valence-corrected chi connectivity index (χ1v) is 10.3. The molecule has 3 heterocycles. The number of nitrogens with two attached hydrogens (primary N) is 1. The number of amides is 1. The highest BCUT2D eigenvalue weighted by Gasteiger charge is 2.21. The van der Waals surface area contributed by atoms with E-state index < -0.39 is 5.91 Å². The van der Waals surface area contributed by atoms with E-state index in [2.05, 4.69) is 61.0 Å². The molecule has 6 heteroatoms. The van der Waals surface area contributed by atoms with Crippen LogP contribution in [0.1, 0.15) is 36.7 Å². The van der Waals surface area contributed by atoms with Crippen molar-refractivity contribution in [1.82, 2.24) is 4.98 Å². The smallest absolute Gasteiger partial charge is 0.251 e. The average Bonchev–Trinajstić information content (AvgIpc) is 3.12. The molecule has 5 nitrogen and oxygen atoms in total. The number of fused-ring (bicyclic) bond motifs is 1. The second-order valence-corrected chi connectivity index (χ2v) is 9.19. The zero-order valence-electron chi connectivity index (χ0n) is 16.5. The number of morpholine rings is 1. The molecule has 2 N–H and O–H groups in total. The Morgan fingerprint density at radius 3 is 2.46 bits per heavy atom. The van der Waals surface area contributed by atoms with Crippen LogP contribution < -0.4 is 10.6 Å². The van der Waals surface area contributed by atoms with E-state index in [0.29, 0.717) is 18.8 Å². The van der Waals surface area contributed by atoms with Gasteiger partial charge in [0.15, 0.2) is 0 Å². The number of hydrogen-bond acceptors (Lipinski definition) is 5. The maximum absolute atomic E-state index is 12.0. The number of carbonyl (C=O) groups excluding carboxylic acids is 1. The second-order valence-electron chi connectivity index (χ2n) is 8.14. The Labute approximate surface area is 169 Å². The van der Waals surface area contributed by atoms with Crippen molar-refractivity contribution in [3.63, 3.8) is 0 Å². The SMILES string of the molecule is CC(C)(C)c1ccc(-c2cc3c(N4CCOCC4)ncc(C(N)=O)c3s2)cc1. The topological polar surface area (TPSA) is 68.4 Å². The number of nitrogens with zero attached hydrogens (tertiary/aromatic N) is 2. The minimum Gasteiger partial charge on any atom is -0.378 e. The van der Waals surface area contributed by atoms with Crippen LogP contribution in [0.25, 0.3) is 20.5 Å². The number of aromatic nitrogens is 1. The predicted octanol–water partition coefficient (Wildman–Crippen LogP) is 4.20. The number of ether oxygens (including phenoxy) is 1. The van der Waals surface area contributed by atoms with Crippen LogP contribution in [0.2, 0.25) is 0 Å². The van der Waals surface area contributed by atoms with Gasteiger partial charge >= 0.3 is 0 Å². The van der Waals surface area contributed by atoms with Crippen LogP contribution in [0, 0.1) is 0 Å². The molecule has 0 radical (unpaired) electrons. The Kier molecular flexibility index (Phi) is 4.85. The molecule has 3 aromatic rings. The summed E-state index contributed by atoms with van der Waals surface area (Å²) >= 11 is 1.60. The fourth-order valence-electron chi connectivity index (χ4n) is 3.49. The molecule has 1 aliphatic rings. The normalized spacial score (nSPS) is 15.2. The Hall–Kier alpha value is -2.44. The van der Waals surface area contributed by atoms with Crippen molar-refractivity contribution in [3.05, 3.63) is 47.7 Å². The van der Waals surface area contributed by atoms with Gasteiger partial charge in [-0.15, -0.1) is 11.3 Å². The van der Waals surface area contributed by atoms with Crippen LogP contribution in [0.15, 0.2) is 36.5 Å². The first kappa shape index (κ1) is 18.9. The van der Waals surface area contributed by atoms with Crippen molar-refractivity contribution in [2.24, 2.45) is 5.73 Å². The Bertz CT molecular complexity index is 1010. The van der Waals surface area contributed by atoms with E-state index in [9.17, 15) is 4.79 Å². The van der Waals surface area contributed by atoms with E-state index in [1.165, 1.54) is 5.56 Å². The highest BCUT2D eigenvalue weighted by molar-refractivity contribution is 7.22. The molecule has 0 saturated carbocycles. The van der Waals surface area contributed by atoms with E-state index in [1.54, 1.807) is 17.5 Å². The zero-order chi connectivity index (χ0) is 19.9. The molecule has 4 rings (SSSR count). The fraction of sp³-hybridized carbons (Fsp3) is 0.364. The number of thiophene rings is 1.